The average Bonchev–Trinajstić information content (AvgIpc) is 2.91. The van der Waals surface area contributed by atoms with Gasteiger partial charge in [-0.3, -0.25) is 4.90 Å². The highest BCUT2D eigenvalue weighted by Crippen LogP contribution is 2.37. The van der Waals surface area contributed by atoms with E-state index in [0.29, 0.717) is 5.56 Å². The van der Waals surface area contributed by atoms with E-state index >= 15 is 0 Å². The topological polar surface area (TPSA) is 40.5 Å². The van der Waals surface area contributed by atoms with Crippen LogP contribution in [0.15, 0.2) is 24.3 Å². The molecule has 17 heavy (non-hydrogen) atoms. The molecule has 3 heteroatoms. The number of nitrogens with zero attached hydrogens (tertiary/aromatic N) is 1. The Morgan fingerprint density at radius 1 is 1.29 bits per heavy atom. The van der Waals surface area contributed by atoms with Crippen LogP contribution in [0.5, 0.6) is 0 Å². The van der Waals surface area contributed by atoms with Crippen LogP contribution >= 0.6 is 0 Å². The van der Waals surface area contributed by atoms with Gasteiger partial charge in [0.05, 0.1) is 5.56 Å². The van der Waals surface area contributed by atoms with Gasteiger partial charge in [0, 0.05) is 19.1 Å². The Kier molecular flexibility index (Phi) is 2.63. The van der Waals surface area contributed by atoms with Gasteiger partial charge in [0.15, 0.2) is 0 Å². The minimum atomic E-state index is -0.850. The monoisotopic (exact) mass is 231 g/mol. The van der Waals surface area contributed by atoms with Crippen LogP contribution in [0, 0.1) is 5.92 Å². The molecule has 1 saturated heterocycles. The molecular weight excluding hydrogens is 214 g/mol. The first kappa shape index (κ1) is 10.8. The molecule has 90 valence electrons. The number of carbonyl (C=O) groups is 1. The fourth-order valence-electron chi connectivity index (χ4n) is 3.21. The zero-order chi connectivity index (χ0) is 11.8. The Labute approximate surface area is 101 Å². The second kappa shape index (κ2) is 4.15. The summed E-state index contributed by atoms with van der Waals surface area (Å²) in [5.74, 6) is 0.0649. The zero-order valence-corrected chi connectivity index (χ0v) is 9.80. The highest BCUT2D eigenvalue weighted by atomic mass is 16.4. The molecule has 1 aromatic rings. The number of carboxylic acid groups (broad SMARTS) is 1. The van der Waals surface area contributed by atoms with Gasteiger partial charge in [-0.2, -0.15) is 0 Å². The average molecular weight is 231 g/mol. The summed E-state index contributed by atoms with van der Waals surface area (Å²) in [4.78, 5) is 13.3. The molecular formula is C14H17NO2. The molecule has 3 rings (SSSR count). The molecule has 1 saturated carbocycles. The Bertz CT molecular complexity index is 426. The molecule has 1 aliphatic heterocycles. The molecule has 2 unspecified atom stereocenters. The van der Waals surface area contributed by atoms with Gasteiger partial charge in [0.25, 0.3) is 0 Å². The summed E-state index contributed by atoms with van der Waals surface area (Å²) in [6.45, 7) is 2.20. The van der Waals surface area contributed by atoms with Crippen LogP contribution in [0.3, 0.4) is 0 Å². The minimum Gasteiger partial charge on any atom is -0.478 e. The molecule has 1 aromatic carbocycles. The van der Waals surface area contributed by atoms with E-state index in [9.17, 15) is 4.79 Å². The van der Waals surface area contributed by atoms with E-state index in [4.69, 9.17) is 5.11 Å². The quantitative estimate of drug-likeness (QED) is 0.868. The summed E-state index contributed by atoms with van der Waals surface area (Å²) in [5, 5.41) is 8.84. The summed E-state index contributed by atoms with van der Waals surface area (Å²) < 4.78 is 0. The number of benzene rings is 1. The fourth-order valence-corrected chi connectivity index (χ4v) is 3.21. The summed E-state index contributed by atoms with van der Waals surface area (Å²) in [6, 6.07) is 8.06. The Balaban J connectivity index is 1.67. The van der Waals surface area contributed by atoms with Gasteiger partial charge in [0.2, 0.25) is 0 Å². The van der Waals surface area contributed by atoms with Crippen LogP contribution in [0.2, 0.25) is 0 Å². The second-order valence-corrected chi connectivity index (χ2v) is 5.26. The SMILES string of the molecule is O=C(O)c1ccc(CN2CC3CCC2C3)cc1. The van der Waals surface area contributed by atoms with Crippen molar-refractivity contribution in [2.24, 2.45) is 5.92 Å². The lowest BCUT2D eigenvalue weighted by atomic mass is 10.1. The standard InChI is InChI=1S/C14H17NO2/c16-14(17)12-4-1-10(2-5-12)8-15-9-11-3-6-13(15)7-11/h1-2,4-5,11,13H,3,6-9H2,(H,16,17). The molecule has 0 spiro atoms. The van der Waals surface area contributed by atoms with Crippen LogP contribution in [-0.4, -0.2) is 28.6 Å². The van der Waals surface area contributed by atoms with Crippen LogP contribution in [-0.2, 0) is 6.54 Å². The molecule has 0 amide bonds. The lowest BCUT2D eigenvalue weighted by Gasteiger charge is -2.26. The van der Waals surface area contributed by atoms with Crippen molar-refractivity contribution in [3.05, 3.63) is 35.4 Å². The maximum Gasteiger partial charge on any atom is 0.335 e. The molecule has 1 N–H and O–H groups in total. The maximum absolute atomic E-state index is 10.8. The number of likely N-dealkylation sites (tertiary alicyclic amines) is 1. The number of rotatable bonds is 3. The molecule has 1 aliphatic carbocycles. The van der Waals surface area contributed by atoms with E-state index in [1.165, 1.54) is 31.4 Å². The third-order valence-corrected chi connectivity index (χ3v) is 4.11. The van der Waals surface area contributed by atoms with Crippen molar-refractivity contribution in [2.75, 3.05) is 6.54 Å². The molecule has 2 fully saturated rings. The van der Waals surface area contributed by atoms with Crippen molar-refractivity contribution >= 4 is 5.97 Å². The molecule has 1 heterocycles. The van der Waals surface area contributed by atoms with Gasteiger partial charge in [-0.15, -0.1) is 0 Å². The predicted octanol–water partition coefficient (Wildman–Crippen LogP) is 2.37. The van der Waals surface area contributed by atoms with Crippen molar-refractivity contribution < 1.29 is 9.90 Å². The van der Waals surface area contributed by atoms with Gasteiger partial charge in [0.1, 0.15) is 0 Å². The second-order valence-electron chi connectivity index (χ2n) is 5.26. The minimum absolute atomic E-state index is 0.372. The van der Waals surface area contributed by atoms with Gasteiger partial charge >= 0.3 is 5.97 Å². The molecule has 2 atom stereocenters. The highest BCUT2D eigenvalue weighted by molar-refractivity contribution is 5.87. The van der Waals surface area contributed by atoms with Crippen molar-refractivity contribution in [2.45, 2.75) is 31.8 Å². The van der Waals surface area contributed by atoms with Gasteiger partial charge < -0.3 is 5.11 Å². The predicted molar refractivity (Wildman–Crippen MR) is 64.9 cm³/mol. The first-order valence-electron chi connectivity index (χ1n) is 6.28. The third-order valence-electron chi connectivity index (χ3n) is 4.11. The van der Waals surface area contributed by atoms with E-state index in [1.807, 2.05) is 12.1 Å². The van der Waals surface area contributed by atoms with Crippen LogP contribution in [0.25, 0.3) is 0 Å². The number of piperidine rings is 1. The molecule has 2 bridgehead atoms. The van der Waals surface area contributed by atoms with Crippen LogP contribution in [0.1, 0.15) is 35.2 Å². The normalized spacial score (nSPS) is 27.5. The Morgan fingerprint density at radius 2 is 2.06 bits per heavy atom. The van der Waals surface area contributed by atoms with E-state index in [0.717, 1.165) is 18.5 Å². The lowest BCUT2D eigenvalue weighted by Crippen LogP contribution is -2.31. The van der Waals surface area contributed by atoms with E-state index in [-0.39, 0.29) is 0 Å². The van der Waals surface area contributed by atoms with Crippen molar-refractivity contribution in [3.63, 3.8) is 0 Å². The Morgan fingerprint density at radius 3 is 2.59 bits per heavy atom. The van der Waals surface area contributed by atoms with Crippen molar-refractivity contribution in [1.82, 2.24) is 4.90 Å². The maximum atomic E-state index is 10.8. The number of fused-ring (bicyclic) bond motifs is 2. The largest absolute Gasteiger partial charge is 0.478 e. The summed E-state index contributed by atoms with van der Waals surface area (Å²) >= 11 is 0. The number of hydrogen-bond donors (Lipinski definition) is 1. The number of aromatic carboxylic acids is 1. The molecule has 2 aliphatic rings. The van der Waals surface area contributed by atoms with E-state index < -0.39 is 5.97 Å². The van der Waals surface area contributed by atoms with E-state index in [1.54, 1.807) is 12.1 Å². The van der Waals surface area contributed by atoms with Crippen molar-refractivity contribution in [1.29, 1.82) is 0 Å². The van der Waals surface area contributed by atoms with Gasteiger partial charge in [-0.25, -0.2) is 4.79 Å². The highest BCUT2D eigenvalue weighted by Gasteiger charge is 2.37. The van der Waals surface area contributed by atoms with E-state index in [2.05, 4.69) is 4.90 Å². The summed E-state index contributed by atoms with van der Waals surface area (Å²) in [7, 11) is 0. The summed E-state index contributed by atoms with van der Waals surface area (Å²) in [5.41, 5.74) is 1.60. The molecule has 0 radical (unpaired) electrons. The first-order chi connectivity index (χ1) is 8.22. The first-order valence-corrected chi connectivity index (χ1v) is 6.28. The Hall–Kier alpha value is -1.35. The lowest BCUT2D eigenvalue weighted by molar-refractivity contribution is 0.0697. The van der Waals surface area contributed by atoms with Gasteiger partial charge in [-0.1, -0.05) is 12.1 Å². The zero-order valence-electron chi connectivity index (χ0n) is 9.80. The summed E-state index contributed by atoms with van der Waals surface area (Å²) in [6.07, 6.45) is 4.12. The third kappa shape index (κ3) is 2.07. The van der Waals surface area contributed by atoms with Crippen molar-refractivity contribution in [3.8, 4) is 0 Å². The van der Waals surface area contributed by atoms with Crippen LogP contribution in [0.4, 0.5) is 0 Å². The van der Waals surface area contributed by atoms with Gasteiger partial charge in [-0.05, 0) is 42.9 Å². The molecule has 3 nitrogen and oxygen atoms in total. The van der Waals surface area contributed by atoms with Crippen LogP contribution < -0.4 is 0 Å². The fraction of sp³-hybridized carbons (Fsp3) is 0.500. The molecule has 0 aromatic heterocycles. The number of carboxylic acids is 1. The number of hydrogen-bond acceptors (Lipinski definition) is 2. The smallest absolute Gasteiger partial charge is 0.335 e.